The number of amides is 1. The molecule has 1 saturated heterocycles. The van der Waals surface area contributed by atoms with Crippen LogP contribution in [0.1, 0.15) is 72.2 Å². The molecule has 1 aromatic rings. The van der Waals surface area contributed by atoms with Gasteiger partial charge in [0.2, 0.25) is 0 Å². The first-order valence-corrected chi connectivity index (χ1v) is 8.65. The van der Waals surface area contributed by atoms with E-state index in [1.807, 2.05) is 4.90 Å². The van der Waals surface area contributed by atoms with Gasteiger partial charge in [-0.25, -0.2) is 4.79 Å². The first-order chi connectivity index (χ1) is 11.1. The van der Waals surface area contributed by atoms with Crippen molar-refractivity contribution < 1.29 is 14.7 Å². The van der Waals surface area contributed by atoms with Crippen molar-refractivity contribution in [3.63, 3.8) is 0 Å². The van der Waals surface area contributed by atoms with Crippen LogP contribution in [0.4, 0.5) is 0 Å². The minimum atomic E-state index is -1.03. The highest BCUT2D eigenvalue weighted by Crippen LogP contribution is 2.32. The van der Waals surface area contributed by atoms with Crippen molar-refractivity contribution in [2.24, 2.45) is 5.92 Å². The monoisotopic (exact) mass is 316 g/mol. The van der Waals surface area contributed by atoms with Gasteiger partial charge in [0, 0.05) is 18.8 Å². The Kier molecular flexibility index (Phi) is 4.94. The minimum Gasteiger partial charge on any atom is -0.478 e. The molecule has 1 amide bonds. The molecule has 5 nitrogen and oxygen atoms in total. The van der Waals surface area contributed by atoms with Gasteiger partial charge in [-0.05, 0) is 37.3 Å². The Balaban J connectivity index is 1.70. The average molecular weight is 316 g/mol. The van der Waals surface area contributed by atoms with Crippen molar-refractivity contribution in [3.05, 3.63) is 29.6 Å². The minimum absolute atomic E-state index is 0.117. The summed E-state index contributed by atoms with van der Waals surface area (Å²) < 4.78 is 0. The van der Waals surface area contributed by atoms with Gasteiger partial charge >= 0.3 is 5.97 Å². The maximum Gasteiger partial charge on any atom is 0.335 e. The second-order valence-electron chi connectivity index (χ2n) is 6.77. The molecular weight excluding hydrogens is 292 g/mol. The summed E-state index contributed by atoms with van der Waals surface area (Å²) in [5.74, 6) is -0.409. The van der Waals surface area contributed by atoms with Gasteiger partial charge in [-0.3, -0.25) is 9.78 Å². The topological polar surface area (TPSA) is 70.5 Å². The summed E-state index contributed by atoms with van der Waals surface area (Å²) in [4.78, 5) is 29.8. The molecule has 0 spiro atoms. The molecule has 1 N–H and O–H groups in total. The van der Waals surface area contributed by atoms with E-state index in [0.29, 0.717) is 6.04 Å². The van der Waals surface area contributed by atoms with Crippen LogP contribution in [0.25, 0.3) is 0 Å². The Hall–Kier alpha value is -1.91. The second-order valence-corrected chi connectivity index (χ2v) is 6.77. The van der Waals surface area contributed by atoms with Crippen LogP contribution in [0.2, 0.25) is 0 Å². The molecule has 2 fully saturated rings. The van der Waals surface area contributed by atoms with E-state index in [-0.39, 0.29) is 17.2 Å². The van der Waals surface area contributed by atoms with Crippen molar-refractivity contribution in [2.75, 3.05) is 6.54 Å². The number of aromatic nitrogens is 1. The van der Waals surface area contributed by atoms with Crippen LogP contribution in [-0.2, 0) is 0 Å². The van der Waals surface area contributed by atoms with Crippen molar-refractivity contribution in [3.8, 4) is 0 Å². The lowest BCUT2D eigenvalue weighted by Crippen LogP contribution is -2.37. The fraction of sp³-hybridized carbons (Fsp3) is 0.611. The highest BCUT2D eigenvalue weighted by Gasteiger charge is 2.32. The lowest BCUT2D eigenvalue weighted by atomic mass is 9.84. The molecule has 1 atom stereocenters. The number of carboxylic acids is 1. The van der Waals surface area contributed by atoms with Crippen molar-refractivity contribution in [2.45, 2.75) is 57.4 Å². The number of nitrogens with zero attached hydrogens (tertiary/aromatic N) is 2. The highest BCUT2D eigenvalue weighted by molar-refractivity contribution is 5.96. The molecule has 2 aliphatic rings. The van der Waals surface area contributed by atoms with Crippen molar-refractivity contribution >= 4 is 11.9 Å². The summed E-state index contributed by atoms with van der Waals surface area (Å²) in [6, 6.07) is 3.10. The third kappa shape index (κ3) is 3.71. The third-order valence-corrected chi connectivity index (χ3v) is 5.19. The summed E-state index contributed by atoms with van der Waals surface area (Å²) >= 11 is 0. The predicted molar refractivity (Wildman–Crippen MR) is 86.4 cm³/mol. The van der Waals surface area contributed by atoms with Crippen LogP contribution in [0.3, 0.4) is 0 Å². The van der Waals surface area contributed by atoms with Crippen LogP contribution in [0, 0.1) is 5.92 Å². The fourth-order valence-corrected chi connectivity index (χ4v) is 3.98. The predicted octanol–water partition coefficient (Wildman–Crippen LogP) is 3.35. The zero-order valence-electron chi connectivity index (χ0n) is 13.4. The molecule has 1 aromatic heterocycles. The number of carbonyl (C=O) groups excluding carboxylic acids is 1. The lowest BCUT2D eigenvalue weighted by molar-refractivity contribution is 0.0696. The summed E-state index contributed by atoms with van der Waals surface area (Å²) in [6.45, 7) is 0.759. The van der Waals surface area contributed by atoms with Gasteiger partial charge in [0.25, 0.3) is 5.91 Å². The van der Waals surface area contributed by atoms with Crippen LogP contribution >= 0.6 is 0 Å². The summed E-state index contributed by atoms with van der Waals surface area (Å²) in [5.41, 5.74) is 0.367. The van der Waals surface area contributed by atoms with Gasteiger partial charge in [-0.1, -0.05) is 32.1 Å². The Bertz CT molecular complexity index is 581. The second kappa shape index (κ2) is 7.11. The van der Waals surface area contributed by atoms with E-state index in [2.05, 4.69) is 4.98 Å². The van der Waals surface area contributed by atoms with Crippen LogP contribution in [-0.4, -0.2) is 39.5 Å². The summed E-state index contributed by atoms with van der Waals surface area (Å²) in [5, 5.41) is 9.07. The van der Waals surface area contributed by atoms with Gasteiger partial charge in [-0.15, -0.1) is 0 Å². The quantitative estimate of drug-likeness (QED) is 0.924. The molecule has 23 heavy (non-hydrogen) atoms. The summed E-state index contributed by atoms with van der Waals surface area (Å²) in [6.07, 6.45) is 11.1. The molecule has 5 heteroatoms. The Labute approximate surface area is 136 Å². The van der Waals surface area contributed by atoms with E-state index < -0.39 is 5.97 Å². The van der Waals surface area contributed by atoms with Gasteiger partial charge in [0.1, 0.15) is 5.69 Å². The molecule has 1 aliphatic heterocycles. The summed E-state index contributed by atoms with van der Waals surface area (Å²) in [7, 11) is 0. The molecule has 0 bridgehead atoms. The number of carboxylic acid groups (broad SMARTS) is 1. The third-order valence-electron chi connectivity index (χ3n) is 5.19. The van der Waals surface area contributed by atoms with Gasteiger partial charge < -0.3 is 10.0 Å². The number of carbonyl (C=O) groups is 2. The molecule has 1 unspecified atom stereocenters. The number of likely N-dealkylation sites (tertiary alicyclic amines) is 1. The fourth-order valence-electron chi connectivity index (χ4n) is 3.98. The smallest absolute Gasteiger partial charge is 0.335 e. The largest absolute Gasteiger partial charge is 0.478 e. The van der Waals surface area contributed by atoms with E-state index in [4.69, 9.17) is 5.11 Å². The van der Waals surface area contributed by atoms with E-state index in [0.717, 1.165) is 31.7 Å². The number of aromatic carboxylic acids is 1. The highest BCUT2D eigenvalue weighted by atomic mass is 16.4. The lowest BCUT2D eigenvalue weighted by Gasteiger charge is -2.30. The van der Waals surface area contributed by atoms with E-state index in [1.165, 1.54) is 50.4 Å². The Morgan fingerprint density at radius 3 is 2.70 bits per heavy atom. The number of pyridine rings is 1. The van der Waals surface area contributed by atoms with E-state index in [1.54, 1.807) is 0 Å². The molecular formula is C18H24N2O3. The maximum atomic E-state index is 12.7. The first-order valence-electron chi connectivity index (χ1n) is 8.65. The Morgan fingerprint density at radius 2 is 1.96 bits per heavy atom. The molecule has 0 radical (unpaired) electrons. The van der Waals surface area contributed by atoms with Crippen molar-refractivity contribution in [1.82, 2.24) is 9.88 Å². The molecule has 3 rings (SSSR count). The SMILES string of the molecule is O=C(O)c1ccnc(C(=O)N2CCCC2CC2CCCCC2)c1. The first kappa shape index (κ1) is 16.0. The molecule has 1 saturated carbocycles. The normalized spacial score (nSPS) is 22.3. The number of hydrogen-bond donors (Lipinski definition) is 1. The van der Waals surface area contributed by atoms with E-state index in [9.17, 15) is 9.59 Å². The zero-order valence-corrected chi connectivity index (χ0v) is 13.4. The van der Waals surface area contributed by atoms with Crippen LogP contribution < -0.4 is 0 Å². The zero-order chi connectivity index (χ0) is 16.2. The number of hydrogen-bond acceptors (Lipinski definition) is 3. The van der Waals surface area contributed by atoms with Gasteiger partial charge in [0.15, 0.2) is 0 Å². The van der Waals surface area contributed by atoms with Crippen LogP contribution in [0.15, 0.2) is 18.3 Å². The Morgan fingerprint density at radius 1 is 1.17 bits per heavy atom. The maximum absolute atomic E-state index is 12.7. The average Bonchev–Trinajstić information content (AvgIpc) is 3.03. The molecule has 124 valence electrons. The van der Waals surface area contributed by atoms with Crippen molar-refractivity contribution in [1.29, 1.82) is 0 Å². The standard InChI is InChI=1S/C18H24N2O3/c21-17(16-12-14(18(22)23)8-9-19-16)20-10-4-7-15(20)11-13-5-2-1-3-6-13/h8-9,12-13,15H,1-7,10-11H2,(H,22,23). The van der Waals surface area contributed by atoms with Gasteiger partial charge in [0.05, 0.1) is 5.56 Å². The van der Waals surface area contributed by atoms with Gasteiger partial charge in [-0.2, -0.15) is 0 Å². The number of rotatable bonds is 4. The van der Waals surface area contributed by atoms with Crippen LogP contribution in [0.5, 0.6) is 0 Å². The molecule has 1 aliphatic carbocycles. The molecule has 0 aromatic carbocycles. The molecule has 2 heterocycles. The van der Waals surface area contributed by atoms with E-state index >= 15 is 0 Å².